The summed E-state index contributed by atoms with van der Waals surface area (Å²) in [4.78, 5) is 13.3. The zero-order valence-corrected chi connectivity index (χ0v) is 10.5. The minimum atomic E-state index is 0.320. The van der Waals surface area contributed by atoms with Crippen molar-refractivity contribution in [2.75, 3.05) is 13.6 Å². The fourth-order valence-corrected chi connectivity index (χ4v) is 2.56. The molecule has 1 aliphatic carbocycles. The first-order valence-corrected chi connectivity index (χ1v) is 6.29. The number of hydrogen-bond donors (Lipinski definition) is 0. The molecule has 0 N–H and O–H groups in total. The molecule has 88 valence electrons. The van der Waals surface area contributed by atoms with Crippen molar-refractivity contribution in [2.45, 2.75) is 58.4 Å². The maximum atomic E-state index is 10.8. The molecule has 2 atom stereocenters. The van der Waals surface area contributed by atoms with Gasteiger partial charge in [-0.05, 0) is 45.7 Å². The quantitative estimate of drug-likeness (QED) is 0.697. The SMILES string of the molecule is CC(=O)CCCN(C)C1CCCC(C)C1. The molecule has 1 saturated carbocycles. The third kappa shape index (κ3) is 4.78. The Bertz CT molecular complexity index is 203. The van der Waals surface area contributed by atoms with Gasteiger partial charge in [-0.15, -0.1) is 0 Å². The second-order valence-corrected chi connectivity index (χ2v) is 5.21. The van der Waals surface area contributed by atoms with E-state index in [-0.39, 0.29) is 0 Å². The van der Waals surface area contributed by atoms with Gasteiger partial charge in [0, 0.05) is 12.5 Å². The van der Waals surface area contributed by atoms with Crippen molar-refractivity contribution < 1.29 is 4.79 Å². The Kier molecular flexibility index (Phi) is 5.30. The second-order valence-electron chi connectivity index (χ2n) is 5.21. The van der Waals surface area contributed by atoms with Crippen LogP contribution in [0.1, 0.15) is 52.4 Å². The van der Waals surface area contributed by atoms with Crippen molar-refractivity contribution in [3.63, 3.8) is 0 Å². The molecule has 0 bridgehead atoms. The van der Waals surface area contributed by atoms with E-state index in [2.05, 4.69) is 18.9 Å². The third-order valence-corrected chi connectivity index (χ3v) is 3.57. The Labute approximate surface area is 94.0 Å². The van der Waals surface area contributed by atoms with Crippen LogP contribution in [-0.4, -0.2) is 30.3 Å². The maximum Gasteiger partial charge on any atom is 0.129 e. The van der Waals surface area contributed by atoms with E-state index in [0.717, 1.165) is 31.3 Å². The predicted molar refractivity (Wildman–Crippen MR) is 64.0 cm³/mol. The van der Waals surface area contributed by atoms with E-state index in [0.29, 0.717) is 5.78 Å². The van der Waals surface area contributed by atoms with Crippen molar-refractivity contribution >= 4 is 5.78 Å². The largest absolute Gasteiger partial charge is 0.303 e. The number of ketones is 1. The van der Waals surface area contributed by atoms with Crippen LogP contribution in [0, 0.1) is 5.92 Å². The van der Waals surface area contributed by atoms with Gasteiger partial charge in [-0.2, -0.15) is 0 Å². The third-order valence-electron chi connectivity index (χ3n) is 3.57. The molecule has 0 aromatic carbocycles. The summed E-state index contributed by atoms with van der Waals surface area (Å²) >= 11 is 0. The molecule has 0 aromatic rings. The van der Waals surface area contributed by atoms with E-state index in [1.807, 2.05) is 0 Å². The number of carbonyl (C=O) groups is 1. The molecular weight excluding hydrogens is 186 g/mol. The molecule has 1 rings (SSSR count). The lowest BCUT2D eigenvalue weighted by Gasteiger charge is -2.34. The maximum absolute atomic E-state index is 10.8. The van der Waals surface area contributed by atoms with Gasteiger partial charge in [0.1, 0.15) is 5.78 Å². The molecule has 1 aliphatic rings. The molecule has 0 aromatic heterocycles. The molecule has 0 radical (unpaired) electrons. The Morgan fingerprint density at radius 3 is 2.73 bits per heavy atom. The minimum absolute atomic E-state index is 0.320. The van der Waals surface area contributed by atoms with Crippen LogP contribution in [0.3, 0.4) is 0 Å². The Morgan fingerprint density at radius 2 is 2.13 bits per heavy atom. The average Bonchev–Trinajstić information content (AvgIpc) is 2.17. The monoisotopic (exact) mass is 211 g/mol. The first-order chi connectivity index (χ1) is 7.09. The molecule has 2 heteroatoms. The van der Waals surface area contributed by atoms with Crippen molar-refractivity contribution in [1.29, 1.82) is 0 Å². The molecule has 0 spiro atoms. The highest BCUT2D eigenvalue weighted by Crippen LogP contribution is 2.26. The van der Waals surface area contributed by atoms with Gasteiger partial charge in [0.2, 0.25) is 0 Å². The topological polar surface area (TPSA) is 20.3 Å². The van der Waals surface area contributed by atoms with Gasteiger partial charge in [-0.3, -0.25) is 0 Å². The zero-order chi connectivity index (χ0) is 11.3. The van der Waals surface area contributed by atoms with Gasteiger partial charge >= 0.3 is 0 Å². The summed E-state index contributed by atoms with van der Waals surface area (Å²) in [5.41, 5.74) is 0. The van der Waals surface area contributed by atoms with Gasteiger partial charge < -0.3 is 9.69 Å². The lowest BCUT2D eigenvalue weighted by Crippen LogP contribution is -2.36. The van der Waals surface area contributed by atoms with E-state index >= 15 is 0 Å². The zero-order valence-electron chi connectivity index (χ0n) is 10.5. The van der Waals surface area contributed by atoms with Gasteiger partial charge in [0.25, 0.3) is 0 Å². The van der Waals surface area contributed by atoms with E-state index < -0.39 is 0 Å². The molecule has 2 nitrogen and oxygen atoms in total. The first kappa shape index (κ1) is 12.7. The van der Waals surface area contributed by atoms with Crippen LogP contribution in [0.25, 0.3) is 0 Å². The summed E-state index contributed by atoms with van der Waals surface area (Å²) in [6, 6.07) is 0.765. The van der Waals surface area contributed by atoms with Crippen LogP contribution >= 0.6 is 0 Å². The van der Waals surface area contributed by atoms with Gasteiger partial charge in [-0.1, -0.05) is 19.8 Å². The molecule has 15 heavy (non-hydrogen) atoms. The van der Waals surface area contributed by atoms with Gasteiger partial charge in [0.15, 0.2) is 0 Å². The minimum Gasteiger partial charge on any atom is -0.303 e. The number of nitrogens with zero attached hydrogens (tertiary/aromatic N) is 1. The fraction of sp³-hybridized carbons (Fsp3) is 0.923. The van der Waals surface area contributed by atoms with Crippen molar-refractivity contribution in [3.8, 4) is 0 Å². The Hall–Kier alpha value is -0.370. The summed E-state index contributed by atoms with van der Waals surface area (Å²) in [5, 5.41) is 0. The van der Waals surface area contributed by atoms with Crippen LogP contribution in [-0.2, 0) is 4.79 Å². The molecule has 2 unspecified atom stereocenters. The van der Waals surface area contributed by atoms with Crippen molar-refractivity contribution in [2.24, 2.45) is 5.92 Å². The van der Waals surface area contributed by atoms with E-state index in [9.17, 15) is 4.79 Å². The molecule has 0 aliphatic heterocycles. The predicted octanol–water partition coefficient (Wildman–Crippen LogP) is 2.87. The summed E-state index contributed by atoms with van der Waals surface area (Å²) in [6.45, 7) is 5.12. The van der Waals surface area contributed by atoms with Crippen LogP contribution < -0.4 is 0 Å². The smallest absolute Gasteiger partial charge is 0.129 e. The molecule has 0 amide bonds. The summed E-state index contributed by atoms with van der Waals surface area (Å²) in [7, 11) is 2.21. The van der Waals surface area contributed by atoms with E-state index in [1.165, 1.54) is 25.7 Å². The van der Waals surface area contributed by atoms with Crippen molar-refractivity contribution in [3.05, 3.63) is 0 Å². The highest BCUT2D eigenvalue weighted by molar-refractivity contribution is 5.75. The molecular formula is C13H25NO. The summed E-state index contributed by atoms with van der Waals surface area (Å²) in [5.74, 6) is 1.21. The highest BCUT2D eigenvalue weighted by atomic mass is 16.1. The van der Waals surface area contributed by atoms with E-state index in [1.54, 1.807) is 6.92 Å². The van der Waals surface area contributed by atoms with Crippen molar-refractivity contribution in [1.82, 2.24) is 4.90 Å². The highest BCUT2D eigenvalue weighted by Gasteiger charge is 2.21. The number of carbonyl (C=O) groups excluding carboxylic acids is 1. The Morgan fingerprint density at radius 1 is 1.40 bits per heavy atom. The normalized spacial score (nSPS) is 26.9. The standard InChI is InChI=1S/C13H25NO/c1-11-6-4-8-13(10-11)14(3)9-5-7-12(2)15/h11,13H,4-10H2,1-3H3. The van der Waals surface area contributed by atoms with Crippen LogP contribution in [0.15, 0.2) is 0 Å². The number of rotatable bonds is 5. The molecule has 0 saturated heterocycles. The molecule has 1 fully saturated rings. The van der Waals surface area contributed by atoms with Gasteiger partial charge in [0.05, 0.1) is 0 Å². The summed E-state index contributed by atoms with van der Waals surface area (Å²) in [6.07, 6.45) is 7.24. The van der Waals surface area contributed by atoms with Gasteiger partial charge in [-0.25, -0.2) is 0 Å². The lowest BCUT2D eigenvalue weighted by atomic mass is 9.86. The fourth-order valence-electron chi connectivity index (χ4n) is 2.56. The average molecular weight is 211 g/mol. The van der Waals surface area contributed by atoms with E-state index in [4.69, 9.17) is 0 Å². The Balaban J connectivity index is 2.20. The van der Waals surface area contributed by atoms with Crippen LogP contribution in [0.4, 0.5) is 0 Å². The summed E-state index contributed by atoms with van der Waals surface area (Å²) < 4.78 is 0. The number of Topliss-reactive ketones (excluding diaryl/α,β-unsaturated/α-hetero) is 1. The second kappa shape index (κ2) is 6.26. The molecule has 0 heterocycles. The first-order valence-electron chi connectivity index (χ1n) is 6.29. The number of hydrogen-bond acceptors (Lipinski definition) is 2. The van der Waals surface area contributed by atoms with Crippen LogP contribution in [0.5, 0.6) is 0 Å². The van der Waals surface area contributed by atoms with Crippen LogP contribution in [0.2, 0.25) is 0 Å². The lowest BCUT2D eigenvalue weighted by molar-refractivity contribution is -0.117.